The van der Waals surface area contributed by atoms with Gasteiger partial charge in [0.15, 0.2) is 0 Å². The van der Waals surface area contributed by atoms with Crippen molar-refractivity contribution in [3.8, 4) is 0 Å². The lowest BCUT2D eigenvalue weighted by Gasteiger charge is -2.45. The van der Waals surface area contributed by atoms with Crippen LogP contribution in [-0.2, 0) is 57.5 Å². The summed E-state index contributed by atoms with van der Waals surface area (Å²) in [5.74, 6) is -11.1. The van der Waals surface area contributed by atoms with Gasteiger partial charge in [-0.2, -0.15) is 13.2 Å². The van der Waals surface area contributed by atoms with E-state index in [2.05, 4.69) is 16.0 Å². The molecule has 0 aromatic carbocycles. The van der Waals surface area contributed by atoms with E-state index in [9.17, 15) is 51.5 Å². The molecule has 0 aromatic rings. The molecule has 4 heterocycles. The molecule has 3 saturated carbocycles. The predicted octanol–water partition coefficient (Wildman–Crippen LogP) is 5.70. The summed E-state index contributed by atoms with van der Waals surface area (Å²) < 4.78 is 42.0. The van der Waals surface area contributed by atoms with Gasteiger partial charge in [-0.1, -0.05) is 92.9 Å². The Balaban J connectivity index is 1.27. The quantitative estimate of drug-likeness (QED) is 0.222. The molecule has 24 nitrogen and oxygen atoms in total. The van der Waals surface area contributed by atoms with Crippen LogP contribution in [0.3, 0.4) is 0 Å². The Morgan fingerprint density at radius 3 is 1.78 bits per heavy atom. The van der Waals surface area contributed by atoms with E-state index in [1.54, 1.807) is 39.5 Å². The highest BCUT2D eigenvalue weighted by molar-refractivity contribution is 6.21. The smallest absolute Gasteiger partial charge is 0.343 e. The number of nitrogens with zero attached hydrogens (tertiary/aromatic N) is 9. The Bertz CT molecular complexity index is 2920. The van der Waals surface area contributed by atoms with Crippen molar-refractivity contribution in [2.75, 3.05) is 75.0 Å². The summed E-state index contributed by atoms with van der Waals surface area (Å²) in [7, 11) is 8.64. The van der Waals surface area contributed by atoms with Crippen molar-refractivity contribution >= 4 is 82.5 Å². The summed E-state index contributed by atoms with van der Waals surface area (Å²) >= 11 is 6.40. The highest BCUT2D eigenvalue weighted by Crippen LogP contribution is 2.44. The molecule has 13 atom stereocenters. The van der Waals surface area contributed by atoms with Gasteiger partial charge in [-0.15, -0.1) is 11.6 Å². The van der Waals surface area contributed by atoms with E-state index < -0.39 is 179 Å². The maximum absolute atomic E-state index is 15.4. The molecule has 558 valence electrons. The molecule has 7 rings (SSSR count). The number of likely N-dealkylation sites (N-methyl/N-ethyl adjacent to an activating group) is 6. The van der Waals surface area contributed by atoms with Crippen molar-refractivity contribution in [2.24, 2.45) is 35.5 Å². The summed E-state index contributed by atoms with van der Waals surface area (Å²) in [5.41, 5.74) is -1.56. The first-order valence-corrected chi connectivity index (χ1v) is 37.1. The van der Waals surface area contributed by atoms with Crippen molar-refractivity contribution in [1.82, 2.24) is 60.0 Å². The fourth-order valence-electron chi connectivity index (χ4n) is 16.5. The number of halogens is 4. The third kappa shape index (κ3) is 18.7. The topological polar surface area (TPSA) is 270 Å². The molecule has 12 amide bonds. The molecule has 3 aliphatic carbocycles. The molecule has 7 aliphatic rings. The largest absolute Gasteiger partial charge is 0.393 e. The molecule has 1 spiro atoms. The maximum Gasteiger partial charge on any atom is 0.393 e. The Hall–Kier alpha value is -6.28. The first-order chi connectivity index (χ1) is 46.6. The molecule has 4 saturated heterocycles. The molecular formula is C71H114ClF3N12O12. The number of amides is 12. The third-order valence-electron chi connectivity index (χ3n) is 23.1. The molecule has 3 unspecified atom stereocenters. The Kier molecular flexibility index (Phi) is 28.0. The average molecular weight is 1420 g/mol. The number of piperidine rings is 1. The normalized spacial score (nSPS) is 31.2. The van der Waals surface area contributed by atoms with Crippen LogP contribution in [0, 0.1) is 35.5 Å². The Morgan fingerprint density at radius 2 is 1.20 bits per heavy atom. The highest BCUT2D eigenvalue weighted by atomic mass is 35.5. The van der Waals surface area contributed by atoms with Crippen molar-refractivity contribution in [2.45, 2.75) is 268 Å². The van der Waals surface area contributed by atoms with Gasteiger partial charge < -0.3 is 60.0 Å². The van der Waals surface area contributed by atoms with Crippen LogP contribution in [0.25, 0.3) is 0 Å². The summed E-state index contributed by atoms with van der Waals surface area (Å²) in [6.45, 7) is 12.5. The van der Waals surface area contributed by atoms with Gasteiger partial charge >= 0.3 is 6.18 Å². The van der Waals surface area contributed by atoms with E-state index in [0.717, 1.165) is 38.5 Å². The lowest BCUT2D eigenvalue weighted by atomic mass is 9.78. The van der Waals surface area contributed by atoms with Gasteiger partial charge in [0.25, 0.3) is 0 Å². The van der Waals surface area contributed by atoms with E-state index in [4.69, 9.17) is 11.6 Å². The molecule has 7 fully saturated rings. The van der Waals surface area contributed by atoms with Crippen LogP contribution in [0.5, 0.6) is 0 Å². The van der Waals surface area contributed by atoms with E-state index >= 15 is 19.2 Å². The summed E-state index contributed by atoms with van der Waals surface area (Å²) in [4.78, 5) is 191. The first-order valence-electron chi connectivity index (χ1n) is 36.7. The zero-order valence-corrected chi connectivity index (χ0v) is 61.7. The average Bonchev–Trinajstić information content (AvgIpc) is 1.59. The summed E-state index contributed by atoms with van der Waals surface area (Å²) in [6.07, 6.45) is 4.44. The fourth-order valence-corrected chi connectivity index (χ4v) is 17.0. The number of hydrogen-bond acceptors (Lipinski definition) is 12. The summed E-state index contributed by atoms with van der Waals surface area (Å²) in [5, 5.41) is 7.58. The van der Waals surface area contributed by atoms with Gasteiger partial charge in [0.1, 0.15) is 59.9 Å². The van der Waals surface area contributed by atoms with E-state index in [1.807, 2.05) is 6.92 Å². The third-order valence-corrected chi connectivity index (χ3v) is 23.6. The van der Waals surface area contributed by atoms with Crippen molar-refractivity contribution in [1.29, 1.82) is 0 Å². The molecular weight excluding hydrogens is 1310 g/mol. The van der Waals surface area contributed by atoms with Gasteiger partial charge in [0, 0.05) is 73.8 Å². The van der Waals surface area contributed by atoms with E-state index in [-0.39, 0.29) is 89.1 Å². The number of alkyl halides is 4. The Labute approximate surface area is 588 Å². The van der Waals surface area contributed by atoms with Gasteiger partial charge in [-0.25, -0.2) is 0 Å². The number of fused-ring (bicyclic) bond motifs is 2. The van der Waals surface area contributed by atoms with E-state index in [0.29, 0.717) is 51.6 Å². The number of nitrogens with one attached hydrogen (secondary N) is 3. The van der Waals surface area contributed by atoms with Crippen LogP contribution < -0.4 is 16.0 Å². The van der Waals surface area contributed by atoms with Crippen LogP contribution in [0.2, 0.25) is 0 Å². The first kappa shape index (κ1) is 80.0. The van der Waals surface area contributed by atoms with Crippen LogP contribution in [0.1, 0.15) is 196 Å². The molecule has 3 N–H and O–H groups in total. The minimum absolute atomic E-state index is 0.000919. The number of carbonyl (C=O) groups is 12. The summed E-state index contributed by atoms with van der Waals surface area (Å²) in [6, 6.07) is -10.8. The Morgan fingerprint density at radius 1 is 0.586 bits per heavy atom. The van der Waals surface area contributed by atoms with Crippen LogP contribution in [0.15, 0.2) is 0 Å². The SMILES string of the molecule is CC[C@H](C)[C@@H]1NC(=O)[C@H](C(C)C)N(C)C(=O)C[C@@H](C(=O)N2CCCCC2)N(C)C(=O)[C@H](C(C)C)N(C)C(=O)C2(CCCC2)NC(=O)[C@@H]2CCCN2C(=O)[C@H](CCC2CCC(C(F)(F)F)C(Cl)C2)NC(=O)CN(C)C(=O)[C@H](CC2CCCCC2)N(C)C(=O)[C@@H]2CCN2C(=O)[C@H](C)N(C)C1=O. The monoisotopic (exact) mass is 1420 g/mol. The van der Waals surface area contributed by atoms with Gasteiger partial charge in [-0.05, 0) is 126 Å². The predicted molar refractivity (Wildman–Crippen MR) is 365 cm³/mol. The molecule has 99 heavy (non-hydrogen) atoms. The standard InChI is InChI=1S/C71H114ClF3N12O12/c1-14-44(6)57-67(97)80(9)45(7)62(92)87-37-31-52(87)65(95)81(10)53(39-46-24-17-15-18-25-46)64(94)79(8)41-55(88)76-50(30-28-47-27-29-48(49(72)38-47)71(73,74)75)63(93)86-36-23-26-51(86)60(90)78-70(32-19-20-33-70)69(99)84(13)59(43(4)5)68(98)82(11)54(66(96)85-34-21-16-22-35-85)40-56(89)83(12)58(42(2)3)61(91)77-57/h42-54,57-59H,14-41H2,1-13H3,(H,76,88)(H,77,91)(H,78,90)/t44-,45-,47?,48?,49?,50-,51-,52-,53-,54-,57-,58-,59-/m0/s1. The van der Waals surface area contributed by atoms with Crippen molar-refractivity contribution in [3.05, 3.63) is 0 Å². The fraction of sp³-hybridized carbons (Fsp3) is 0.831. The van der Waals surface area contributed by atoms with Crippen LogP contribution in [0.4, 0.5) is 13.2 Å². The minimum Gasteiger partial charge on any atom is -0.343 e. The van der Waals surface area contributed by atoms with E-state index in [1.165, 1.54) is 88.4 Å². The molecule has 0 aromatic heterocycles. The van der Waals surface area contributed by atoms with Gasteiger partial charge in [0.05, 0.1) is 18.9 Å². The second-order valence-electron chi connectivity index (χ2n) is 30.6. The highest BCUT2D eigenvalue weighted by Gasteiger charge is 2.52. The second-order valence-corrected chi connectivity index (χ2v) is 31.2. The van der Waals surface area contributed by atoms with Crippen molar-refractivity contribution in [3.63, 3.8) is 0 Å². The molecule has 28 heteroatoms. The van der Waals surface area contributed by atoms with Crippen LogP contribution >= 0.6 is 11.6 Å². The second kappa shape index (κ2) is 34.6. The zero-order valence-electron chi connectivity index (χ0n) is 61.0. The maximum atomic E-state index is 15.4. The van der Waals surface area contributed by atoms with Crippen molar-refractivity contribution < 1.29 is 70.7 Å². The lowest BCUT2D eigenvalue weighted by Crippen LogP contribution is -2.65. The molecule has 0 radical (unpaired) electrons. The lowest BCUT2D eigenvalue weighted by molar-refractivity contribution is -0.182. The number of likely N-dealkylation sites (tertiary alicyclic amines) is 1. The number of rotatable bonds is 10. The molecule has 4 aliphatic heterocycles. The zero-order chi connectivity index (χ0) is 73.3. The minimum atomic E-state index is -4.51. The van der Waals surface area contributed by atoms with Gasteiger partial charge in [-0.3, -0.25) is 57.5 Å². The number of hydrogen-bond donors (Lipinski definition) is 3. The van der Waals surface area contributed by atoms with Crippen LogP contribution in [-0.4, -0.2) is 261 Å². The van der Waals surface area contributed by atoms with Gasteiger partial charge in [0.2, 0.25) is 70.9 Å². The molecule has 0 bridgehead atoms. The number of carbonyl (C=O) groups excluding carboxylic acids is 12.